The number of hydrogen-bond donors (Lipinski definition) is 1. The maximum absolute atomic E-state index is 13.0. The molecule has 3 heterocycles. The van der Waals surface area contributed by atoms with Gasteiger partial charge in [0, 0.05) is 11.9 Å². The molecule has 0 aliphatic carbocycles. The quantitative estimate of drug-likeness (QED) is 0.520. The third kappa shape index (κ3) is 3.05. The van der Waals surface area contributed by atoms with Crippen LogP contribution in [0.25, 0.3) is 4.96 Å². The normalized spacial score (nSPS) is 16.5. The van der Waals surface area contributed by atoms with Crippen LogP contribution >= 0.6 is 11.3 Å². The number of ether oxygens (including phenoxy) is 1. The molecular formula is C18H19N5O4S. The van der Waals surface area contributed by atoms with Crippen molar-refractivity contribution in [3.05, 3.63) is 45.5 Å². The number of rotatable bonds is 5. The molecule has 1 atom stereocenters. The zero-order valence-electron chi connectivity index (χ0n) is 15.4. The number of carbonyl (C=O) groups excluding carboxylic acids is 1. The number of anilines is 2. The summed E-state index contributed by atoms with van der Waals surface area (Å²) in [6.45, 7) is 2.47. The Morgan fingerprint density at radius 3 is 3.04 bits per heavy atom. The summed E-state index contributed by atoms with van der Waals surface area (Å²) in [5, 5.41) is 16.3. The molecule has 10 heteroatoms. The number of aryl methyl sites for hydroxylation is 1. The van der Waals surface area contributed by atoms with Crippen LogP contribution in [0.4, 0.5) is 17.3 Å². The van der Waals surface area contributed by atoms with Gasteiger partial charge in [-0.3, -0.25) is 4.79 Å². The third-order valence-corrected chi connectivity index (χ3v) is 5.59. The molecule has 2 aromatic heterocycles. The lowest BCUT2D eigenvalue weighted by Crippen LogP contribution is -2.40. The Bertz CT molecular complexity index is 1060. The molecule has 1 aromatic carbocycles. The van der Waals surface area contributed by atoms with Crippen molar-refractivity contribution < 1.29 is 14.5 Å². The van der Waals surface area contributed by atoms with Gasteiger partial charge in [0.15, 0.2) is 0 Å². The first-order valence-electron chi connectivity index (χ1n) is 8.81. The van der Waals surface area contributed by atoms with E-state index in [4.69, 9.17) is 4.74 Å². The van der Waals surface area contributed by atoms with Crippen LogP contribution in [0.3, 0.4) is 0 Å². The van der Waals surface area contributed by atoms with Gasteiger partial charge in [0.1, 0.15) is 18.0 Å². The molecule has 9 nitrogen and oxygen atoms in total. The van der Waals surface area contributed by atoms with Crippen molar-refractivity contribution >= 4 is 39.5 Å². The standard InChI is InChI=1S/C18H19N5O4S/c1-11-5-6-14(27-2)12(10-11)19-16(24)13-4-3-7-21(13)15-17(23(25)26)22-8-9-28-18(22)20-15/h5-6,8-10,13H,3-4,7H2,1-2H3,(H,19,24). The van der Waals surface area contributed by atoms with Gasteiger partial charge < -0.3 is 25.1 Å². The highest BCUT2D eigenvalue weighted by molar-refractivity contribution is 7.15. The van der Waals surface area contributed by atoms with E-state index in [9.17, 15) is 14.9 Å². The Kier molecular flexibility index (Phi) is 4.63. The molecule has 1 saturated heterocycles. The van der Waals surface area contributed by atoms with Crippen molar-refractivity contribution in [2.45, 2.75) is 25.8 Å². The largest absolute Gasteiger partial charge is 0.495 e. The van der Waals surface area contributed by atoms with E-state index < -0.39 is 11.0 Å². The van der Waals surface area contributed by atoms with Crippen LogP contribution in [0, 0.1) is 17.0 Å². The van der Waals surface area contributed by atoms with Crippen LogP contribution < -0.4 is 15.0 Å². The van der Waals surface area contributed by atoms with Gasteiger partial charge in [-0.25, -0.2) is 0 Å². The molecule has 0 bridgehead atoms. The van der Waals surface area contributed by atoms with E-state index in [1.165, 1.54) is 15.7 Å². The average Bonchev–Trinajstić information content (AvgIpc) is 3.36. The second-order valence-corrected chi connectivity index (χ2v) is 7.49. The van der Waals surface area contributed by atoms with Crippen molar-refractivity contribution in [1.29, 1.82) is 0 Å². The van der Waals surface area contributed by atoms with Gasteiger partial charge in [-0.15, -0.1) is 0 Å². The first-order valence-corrected chi connectivity index (χ1v) is 9.69. The Balaban J connectivity index is 1.65. The van der Waals surface area contributed by atoms with Crippen LogP contribution in [0.2, 0.25) is 0 Å². The highest BCUT2D eigenvalue weighted by atomic mass is 32.1. The topological polar surface area (TPSA) is 102 Å². The second-order valence-electron chi connectivity index (χ2n) is 6.62. The molecule has 1 amide bonds. The van der Waals surface area contributed by atoms with Crippen molar-refractivity contribution in [3.8, 4) is 5.75 Å². The lowest BCUT2D eigenvalue weighted by Gasteiger charge is -2.23. The average molecular weight is 401 g/mol. The summed E-state index contributed by atoms with van der Waals surface area (Å²) in [4.78, 5) is 30.9. The predicted octanol–water partition coefficient (Wildman–Crippen LogP) is 3.23. The molecule has 0 radical (unpaired) electrons. The van der Waals surface area contributed by atoms with Gasteiger partial charge >= 0.3 is 5.82 Å². The van der Waals surface area contributed by atoms with Crippen molar-refractivity contribution in [1.82, 2.24) is 9.38 Å². The number of carbonyl (C=O) groups is 1. The number of fused-ring (bicyclic) bond motifs is 1. The first kappa shape index (κ1) is 18.2. The minimum atomic E-state index is -0.534. The van der Waals surface area contributed by atoms with Gasteiger partial charge in [0.05, 0.1) is 12.8 Å². The number of methoxy groups -OCH3 is 1. The highest BCUT2D eigenvalue weighted by Crippen LogP contribution is 2.36. The SMILES string of the molecule is COc1ccc(C)cc1NC(=O)C1CCCN1c1nc2sccn2c1[N+](=O)[O-]. The van der Waals surface area contributed by atoms with E-state index in [0.717, 1.165) is 12.0 Å². The molecule has 4 rings (SSSR count). The molecule has 1 aliphatic heterocycles. The zero-order valence-corrected chi connectivity index (χ0v) is 16.2. The first-order chi connectivity index (χ1) is 13.5. The number of imidazole rings is 1. The summed E-state index contributed by atoms with van der Waals surface area (Å²) >= 11 is 1.32. The maximum Gasteiger partial charge on any atom is 0.373 e. The lowest BCUT2D eigenvalue weighted by molar-refractivity contribution is -0.389. The number of nitrogens with zero attached hydrogens (tertiary/aromatic N) is 4. The smallest absolute Gasteiger partial charge is 0.373 e. The van der Waals surface area contributed by atoms with Crippen LogP contribution in [-0.4, -0.2) is 39.9 Å². The fraction of sp³-hybridized carbons (Fsp3) is 0.333. The van der Waals surface area contributed by atoms with E-state index in [1.54, 1.807) is 29.7 Å². The molecule has 3 aromatic rings. The molecule has 0 saturated carbocycles. The summed E-state index contributed by atoms with van der Waals surface area (Å²) in [6.07, 6.45) is 2.98. The van der Waals surface area contributed by atoms with Gasteiger partial charge in [-0.1, -0.05) is 17.4 Å². The van der Waals surface area contributed by atoms with Crippen LogP contribution in [0.1, 0.15) is 18.4 Å². The molecular weight excluding hydrogens is 382 g/mol. The molecule has 1 aliphatic rings. The predicted molar refractivity (Wildman–Crippen MR) is 106 cm³/mol. The second kappa shape index (κ2) is 7.12. The molecule has 1 unspecified atom stereocenters. The summed E-state index contributed by atoms with van der Waals surface area (Å²) in [5.74, 6) is 0.471. The summed E-state index contributed by atoms with van der Waals surface area (Å²) in [7, 11) is 1.55. The van der Waals surface area contributed by atoms with Crippen LogP contribution in [-0.2, 0) is 4.79 Å². The number of amides is 1. The Labute approximate surface area is 164 Å². The molecule has 146 valence electrons. The van der Waals surface area contributed by atoms with E-state index in [1.807, 2.05) is 19.1 Å². The monoisotopic (exact) mass is 401 g/mol. The maximum atomic E-state index is 13.0. The van der Waals surface area contributed by atoms with E-state index >= 15 is 0 Å². The van der Waals surface area contributed by atoms with Crippen LogP contribution in [0.15, 0.2) is 29.8 Å². The molecule has 28 heavy (non-hydrogen) atoms. The van der Waals surface area contributed by atoms with Crippen molar-refractivity contribution in [2.75, 3.05) is 23.9 Å². The van der Waals surface area contributed by atoms with Crippen LogP contribution in [0.5, 0.6) is 5.75 Å². The van der Waals surface area contributed by atoms with Gasteiger partial charge in [-0.05, 0) is 42.4 Å². The highest BCUT2D eigenvalue weighted by Gasteiger charge is 2.38. The third-order valence-electron chi connectivity index (χ3n) is 4.83. The lowest BCUT2D eigenvalue weighted by atomic mass is 10.1. The minimum absolute atomic E-state index is 0.107. The van der Waals surface area contributed by atoms with Gasteiger partial charge in [0.25, 0.3) is 4.96 Å². The van der Waals surface area contributed by atoms with E-state index in [0.29, 0.717) is 29.4 Å². The Hall–Kier alpha value is -3.14. The molecule has 1 N–H and O–H groups in total. The molecule has 1 fully saturated rings. The number of benzene rings is 1. The van der Waals surface area contributed by atoms with Crippen molar-refractivity contribution in [2.24, 2.45) is 0 Å². The fourth-order valence-electron chi connectivity index (χ4n) is 3.55. The number of thiazole rings is 1. The Morgan fingerprint density at radius 2 is 2.29 bits per heavy atom. The summed E-state index contributed by atoms with van der Waals surface area (Å²) in [6, 6.07) is 5.00. The number of nitro groups is 1. The van der Waals surface area contributed by atoms with Crippen molar-refractivity contribution in [3.63, 3.8) is 0 Å². The Morgan fingerprint density at radius 1 is 1.46 bits per heavy atom. The number of aromatic nitrogens is 2. The zero-order chi connectivity index (χ0) is 19.8. The summed E-state index contributed by atoms with van der Waals surface area (Å²) < 4.78 is 6.78. The van der Waals surface area contributed by atoms with E-state index in [2.05, 4.69) is 10.3 Å². The number of hydrogen-bond acceptors (Lipinski definition) is 7. The van der Waals surface area contributed by atoms with Gasteiger partial charge in [0.2, 0.25) is 11.7 Å². The minimum Gasteiger partial charge on any atom is -0.495 e. The fourth-order valence-corrected chi connectivity index (χ4v) is 4.26. The molecule has 0 spiro atoms. The van der Waals surface area contributed by atoms with Gasteiger partial charge in [-0.2, -0.15) is 9.38 Å². The van der Waals surface area contributed by atoms with E-state index in [-0.39, 0.29) is 17.5 Å². The number of nitrogens with one attached hydrogen (secondary N) is 1. The summed E-state index contributed by atoms with van der Waals surface area (Å²) in [5.41, 5.74) is 1.57.